The van der Waals surface area contributed by atoms with Crippen molar-refractivity contribution in [3.8, 4) is 5.69 Å². The van der Waals surface area contributed by atoms with Crippen molar-refractivity contribution < 1.29 is 0 Å². The van der Waals surface area contributed by atoms with Gasteiger partial charge in [0.1, 0.15) is 0 Å². The monoisotopic (exact) mass is 419 g/mol. The maximum Gasteiger partial charge on any atom is 0.0542 e. The first-order chi connectivity index (χ1) is 14.8. The quantitative estimate of drug-likeness (QED) is 0.251. The first-order valence-electron chi connectivity index (χ1n) is 10.1. The van der Waals surface area contributed by atoms with Crippen molar-refractivity contribution in [2.45, 2.75) is 6.92 Å². The number of thiophene rings is 2. The Morgan fingerprint density at radius 2 is 1.13 bits per heavy atom. The first kappa shape index (κ1) is 16.6. The highest BCUT2D eigenvalue weighted by atomic mass is 32.1. The van der Waals surface area contributed by atoms with Crippen molar-refractivity contribution in [2.24, 2.45) is 0 Å². The number of aromatic nitrogens is 1. The standard InChI is InChI=1S/C27H17NS2/c1-16-10-12-20-24(14-16)29-27-21-13-11-17(15-25(21)30-26(20)27)28-22-8-4-2-6-18(22)19-7-3-5-9-23(19)28/h2-15H,1H3. The van der Waals surface area contributed by atoms with Crippen LogP contribution in [-0.4, -0.2) is 4.57 Å². The van der Waals surface area contributed by atoms with Gasteiger partial charge in [-0.2, -0.15) is 0 Å². The van der Waals surface area contributed by atoms with Crippen LogP contribution in [0.4, 0.5) is 0 Å². The van der Waals surface area contributed by atoms with Gasteiger partial charge in [0.05, 0.1) is 20.4 Å². The van der Waals surface area contributed by atoms with E-state index in [4.69, 9.17) is 0 Å². The molecule has 1 nitrogen and oxygen atoms in total. The van der Waals surface area contributed by atoms with Gasteiger partial charge in [-0.3, -0.25) is 0 Å². The molecule has 0 aliphatic rings. The fraction of sp³-hybridized carbons (Fsp3) is 0.0370. The average Bonchev–Trinajstić information content (AvgIpc) is 3.40. The Kier molecular flexibility index (Phi) is 3.30. The van der Waals surface area contributed by atoms with Gasteiger partial charge < -0.3 is 4.57 Å². The van der Waals surface area contributed by atoms with Gasteiger partial charge in [-0.25, -0.2) is 0 Å². The van der Waals surface area contributed by atoms with Crippen LogP contribution in [-0.2, 0) is 0 Å². The molecule has 30 heavy (non-hydrogen) atoms. The first-order valence-corrected chi connectivity index (χ1v) is 11.8. The smallest absolute Gasteiger partial charge is 0.0542 e. The van der Waals surface area contributed by atoms with E-state index in [2.05, 4.69) is 96.4 Å². The molecule has 0 N–H and O–H groups in total. The Morgan fingerprint density at radius 3 is 1.80 bits per heavy atom. The summed E-state index contributed by atoms with van der Waals surface area (Å²) in [6, 6.07) is 31.2. The molecule has 142 valence electrons. The third kappa shape index (κ3) is 2.16. The lowest BCUT2D eigenvalue weighted by molar-refractivity contribution is 1.19. The second-order valence-electron chi connectivity index (χ2n) is 7.91. The molecule has 0 amide bonds. The number of para-hydroxylation sites is 2. The Hall–Kier alpha value is -3.14. The van der Waals surface area contributed by atoms with E-state index < -0.39 is 0 Å². The minimum atomic E-state index is 1.23. The van der Waals surface area contributed by atoms with Crippen LogP contribution in [0.2, 0.25) is 0 Å². The van der Waals surface area contributed by atoms with E-state index in [0.29, 0.717) is 0 Å². The zero-order chi connectivity index (χ0) is 19.8. The summed E-state index contributed by atoms with van der Waals surface area (Å²) in [7, 11) is 0. The molecule has 0 fully saturated rings. The second-order valence-corrected chi connectivity index (χ2v) is 10.0. The van der Waals surface area contributed by atoms with Gasteiger partial charge in [0.2, 0.25) is 0 Å². The largest absolute Gasteiger partial charge is 0.309 e. The number of hydrogen-bond acceptors (Lipinski definition) is 2. The lowest BCUT2D eigenvalue weighted by Crippen LogP contribution is -1.92. The van der Waals surface area contributed by atoms with Gasteiger partial charge in [-0.15, -0.1) is 22.7 Å². The zero-order valence-electron chi connectivity index (χ0n) is 16.3. The van der Waals surface area contributed by atoms with Crippen LogP contribution in [0.15, 0.2) is 84.9 Å². The summed E-state index contributed by atoms with van der Waals surface area (Å²) in [5, 5.41) is 5.38. The van der Waals surface area contributed by atoms with Crippen molar-refractivity contribution in [3.63, 3.8) is 0 Å². The summed E-state index contributed by atoms with van der Waals surface area (Å²) < 4.78 is 8.00. The van der Waals surface area contributed by atoms with E-state index in [1.165, 1.54) is 62.6 Å². The molecule has 3 aromatic heterocycles. The van der Waals surface area contributed by atoms with E-state index in [9.17, 15) is 0 Å². The molecule has 0 aliphatic heterocycles. The summed E-state index contributed by atoms with van der Waals surface area (Å²) in [5.74, 6) is 0. The number of nitrogens with zero attached hydrogens (tertiary/aromatic N) is 1. The van der Waals surface area contributed by atoms with Crippen molar-refractivity contribution in [1.29, 1.82) is 0 Å². The molecule has 0 atom stereocenters. The molecule has 7 rings (SSSR count). The topological polar surface area (TPSA) is 4.93 Å². The third-order valence-electron chi connectivity index (χ3n) is 6.06. The summed E-state index contributed by atoms with van der Waals surface area (Å²) in [6.07, 6.45) is 0. The molecule has 0 unspecified atom stereocenters. The van der Waals surface area contributed by atoms with Crippen molar-refractivity contribution >= 4 is 74.1 Å². The van der Waals surface area contributed by atoms with Gasteiger partial charge in [-0.1, -0.05) is 54.6 Å². The van der Waals surface area contributed by atoms with Crippen LogP contribution in [0.5, 0.6) is 0 Å². The highest BCUT2D eigenvalue weighted by molar-refractivity contribution is 7.36. The van der Waals surface area contributed by atoms with Crippen LogP contribution >= 0.6 is 22.7 Å². The van der Waals surface area contributed by atoms with Crippen molar-refractivity contribution in [1.82, 2.24) is 4.57 Å². The molecule has 0 bridgehead atoms. The lowest BCUT2D eigenvalue weighted by atomic mass is 10.2. The summed E-state index contributed by atoms with van der Waals surface area (Å²) in [5.41, 5.74) is 5.08. The Bertz CT molecular complexity index is 1710. The van der Waals surface area contributed by atoms with Gasteiger partial charge in [0, 0.05) is 36.6 Å². The van der Waals surface area contributed by atoms with Crippen LogP contribution < -0.4 is 0 Å². The van der Waals surface area contributed by atoms with E-state index in [1.54, 1.807) is 0 Å². The summed E-state index contributed by atoms with van der Waals surface area (Å²) in [4.78, 5) is 0. The number of aryl methyl sites for hydroxylation is 1. The summed E-state index contributed by atoms with van der Waals surface area (Å²) >= 11 is 3.85. The molecule has 3 heteroatoms. The molecule has 0 spiro atoms. The number of fused-ring (bicyclic) bond motifs is 8. The Morgan fingerprint density at radius 1 is 0.567 bits per heavy atom. The number of benzene rings is 4. The average molecular weight is 420 g/mol. The predicted octanol–water partition coefficient (Wildman–Crippen LogP) is 8.67. The molecular formula is C27H17NS2. The maximum absolute atomic E-state index is 2.40. The molecular weight excluding hydrogens is 402 g/mol. The molecule has 4 aromatic carbocycles. The van der Waals surface area contributed by atoms with E-state index in [1.807, 2.05) is 22.7 Å². The maximum atomic E-state index is 2.40. The molecule has 7 aromatic rings. The normalized spacial score (nSPS) is 12.2. The zero-order valence-corrected chi connectivity index (χ0v) is 18.0. The predicted molar refractivity (Wildman–Crippen MR) is 134 cm³/mol. The van der Waals surface area contributed by atoms with Gasteiger partial charge in [0.25, 0.3) is 0 Å². The fourth-order valence-electron chi connectivity index (χ4n) is 4.69. The number of rotatable bonds is 1. The second kappa shape index (κ2) is 5.94. The van der Waals surface area contributed by atoms with Crippen LogP contribution in [0, 0.1) is 6.92 Å². The van der Waals surface area contributed by atoms with E-state index in [0.717, 1.165) is 0 Å². The van der Waals surface area contributed by atoms with Crippen LogP contribution in [0.3, 0.4) is 0 Å². The van der Waals surface area contributed by atoms with E-state index >= 15 is 0 Å². The fourth-order valence-corrected chi connectivity index (χ4v) is 7.48. The minimum absolute atomic E-state index is 1.23. The van der Waals surface area contributed by atoms with Gasteiger partial charge in [0.15, 0.2) is 0 Å². The van der Waals surface area contributed by atoms with E-state index in [-0.39, 0.29) is 0 Å². The molecule has 0 aliphatic carbocycles. The van der Waals surface area contributed by atoms with Gasteiger partial charge >= 0.3 is 0 Å². The highest BCUT2D eigenvalue weighted by Crippen LogP contribution is 2.45. The van der Waals surface area contributed by atoms with Crippen LogP contribution in [0.25, 0.3) is 57.1 Å². The number of hydrogen-bond donors (Lipinski definition) is 0. The molecule has 0 radical (unpaired) electrons. The van der Waals surface area contributed by atoms with Gasteiger partial charge in [-0.05, 0) is 42.8 Å². The van der Waals surface area contributed by atoms with Crippen molar-refractivity contribution in [2.75, 3.05) is 0 Å². The highest BCUT2D eigenvalue weighted by Gasteiger charge is 2.15. The van der Waals surface area contributed by atoms with Crippen LogP contribution in [0.1, 0.15) is 5.56 Å². The minimum Gasteiger partial charge on any atom is -0.309 e. The van der Waals surface area contributed by atoms with Crippen molar-refractivity contribution in [3.05, 3.63) is 90.5 Å². The Labute approximate surface area is 181 Å². The molecule has 0 saturated heterocycles. The third-order valence-corrected chi connectivity index (χ3v) is 8.56. The summed E-state index contributed by atoms with van der Waals surface area (Å²) in [6.45, 7) is 2.17. The molecule has 0 saturated carbocycles. The SMILES string of the molecule is Cc1ccc2c(c1)sc1c3ccc(-n4c5ccccc5c5ccccc54)cc3sc21. The lowest BCUT2D eigenvalue weighted by Gasteiger charge is -2.08. The molecule has 3 heterocycles. The Balaban J connectivity index is 1.54.